The summed E-state index contributed by atoms with van der Waals surface area (Å²) in [5.41, 5.74) is 1.99. The predicted molar refractivity (Wildman–Crippen MR) is 69.4 cm³/mol. The van der Waals surface area contributed by atoms with Gasteiger partial charge in [0.15, 0.2) is 0 Å². The van der Waals surface area contributed by atoms with E-state index in [4.69, 9.17) is 23.2 Å². The van der Waals surface area contributed by atoms with Crippen LogP contribution in [-0.2, 0) is 0 Å². The summed E-state index contributed by atoms with van der Waals surface area (Å²) >= 11 is 14.7. The Labute approximate surface area is 111 Å². The molecule has 2 aromatic rings. The largest absolute Gasteiger partial charge is 0.275 e. The number of aromatic nitrogens is 1. The highest BCUT2D eigenvalue weighted by molar-refractivity contribution is 9.10. The standard InChI is InChI=1S/C11H6BrCl2NO/c1-5-2-7(12)3-6-4-8(11(14)16)10(13)15-9(5)6/h2-4H,1H3. The van der Waals surface area contributed by atoms with E-state index in [1.807, 2.05) is 19.1 Å². The van der Waals surface area contributed by atoms with E-state index in [9.17, 15) is 4.79 Å². The van der Waals surface area contributed by atoms with Gasteiger partial charge in [-0.3, -0.25) is 4.79 Å². The Morgan fingerprint density at radius 2 is 2.06 bits per heavy atom. The molecular formula is C11H6BrCl2NO. The summed E-state index contributed by atoms with van der Waals surface area (Å²) in [6.07, 6.45) is 0. The molecule has 0 atom stereocenters. The van der Waals surface area contributed by atoms with Crippen LogP contribution in [0.4, 0.5) is 0 Å². The first-order valence-electron chi connectivity index (χ1n) is 4.45. The zero-order chi connectivity index (χ0) is 11.9. The van der Waals surface area contributed by atoms with Gasteiger partial charge in [0.05, 0.1) is 11.1 Å². The molecule has 1 heterocycles. The minimum atomic E-state index is -0.600. The van der Waals surface area contributed by atoms with E-state index in [1.165, 1.54) is 0 Å². The van der Waals surface area contributed by atoms with Gasteiger partial charge in [-0.15, -0.1) is 0 Å². The normalized spacial score (nSPS) is 10.8. The Morgan fingerprint density at radius 3 is 2.69 bits per heavy atom. The maximum Gasteiger partial charge on any atom is 0.255 e. The topological polar surface area (TPSA) is 30.0 Å². The Bertz CT molecular complexity index is 598. The van der Waals surface area contributed by atoms with Crippen LogP contribution in [0.1, 0.15) is 15.9 Å². The first-order chi connectivity index (χ1) is 7.49. The molecule has 0 radical (unpaired) electrons. The van der Waals surface area contributed by atoms with Gasteiger partial charge in [-0.1, -0.05) is 27.5 Å². The molecule has 0 saturated heterocycles. The third-order valence-electron chi connectivity index (χ3n) is 2.24. The molecule has 0 N–H and O–H groups in total. The van der Waals surface area contributed by atoms with Crippen LogP contribution >= 0.6 is 39.1 Å². The number of fused-ring (bicyclic) bond motifs is 1. The van der Waals surface area contributed by atoms with Crippen molar-refractivity contribution in [3.8, 4) is 0 Å². The smallest absolute Gasteiger partial charge is 0.255 e. The van der Waals surface area contributed by atoms with Crippen molar-refractivity contribution in [2.24, 2.45) is 0 Å². The second kappa shape index (κ2) is 4.32. The molecule has 16 heavy (non-hydrogen) atoms. The monoisotopic (exact) mass is 317 g/mol. The van der Waals surface area contributed by atoms with Gasteiger partial charge in [0.1, 0.15) is 5.15 Å². The number of pyridine rings is 1. The SMILES string of the molecule is Cc1cc(Br)cc2cc(C(=O)Cl)c(Cl)nc12. The summed E-state index contributed by atoms with van der Waals surface area (Å²) in [4.78, 5) is 15.3. The Balaban J connectivity index is 2.84. The van der Waals surface area contributed by atoms with Crippen molar-refractivity contribution in [2.75, 3.05) is 0 Å². The van der Waals surface area contributed by atoms with Gasteiger partial charge in [-0.05, 0) is 42.3 Å². The van der Waals surface area contributed by atoms with Crippen molar-refractivity contribution < 1.29 is 4.79 Å². The van der Waals surface area contributed by atoms with Gasteiger partial charge in [0, 0.05) is 9.86 Å². The lowest BCUT2D eigenvalue weighted by Crippen LogP contribution is -1.95. The average molecular weight is 319 g/mol. The first-order valence-corrected chi connectivity index (χ1v) is 6.00. The molecule has 5 heteroatoms. The Hall–Kier alpha value is -0.640. The molecule has 0 unspecified atom stereocenters. The van der Waals surface area contributed by atoms with Crippen LogP contribution in [-0.4, -0.2) is 10.2 Å². The number of nitrogens with zero attached hydrogens (tertiary/aromatic N) is 1. The molecule has 0 spiro atoms. The van der Waals surface area contributed by atoms with E-state index < -0.39 is 5.24 Å². The second-order valence-corrected chi connectivity index (χ2v) is 5.01. The van der Waals surface area contributed by atoms with E-state index >= 15 is 0 Å². The molecule has 0 bridgehead atoms. The van der Waals surface area contributed by atoms with Gasteiger partial charge in [-0.25, -0.2) is 4.98 Å². The number of carbonyl (C=O) groups excluding carboxylic acids is 1. The molecule has 0 fully saturated rings. The van der Waals surface area contributed by atoms with Crippen molar-refractivity contribution in [3.63, 3.8) is 0 Å². The van der Waals surface area contributed by atoms with Crippen molar-refractivity contribution in [2.45, 2.75) is 6.92 Å². The average Bonchev–Trinajstić information content (AvgIpc) is 2.18. The first kappa shape index (κ1) is 11.8. The maximum atomic E-state index is 11.1. The summed E-state index contributed by atoms with van der Waals surface area (Å²) in [6.45, 7) is 1.93. The molecule has 82 valence electrons. The molecule has 0 aliphatic carbocycles. The summed E-state index contributed by atoms with van der Waals surface area (Å²) in [5, 5.41) is 0.371. The fourth-order valence-corrected chi connectivity index (χ4v) is 2.54. The molecule has 0 saturated carbocycles. The minimum absolute atomic E-state index is 0.137. The van der Waals surface area contributed by atoms with Gasteiger partial charge in [-0.2, -0.15) is 0 Å². The highest BCUT2D eigenvalue weighted by Gasteiger charge is 2.12. The lowest BCUT2D eigenvalue weighted by molar-refractivity contribution is 0.108. The van der Waals surface area contributed by atoms with Crippen molar-refractivity contribution >= 4 is 55.3 Å². The molecule has 0 aliphatic heterocycles. The number of aryl methyl sites for hydroxylation is 1. The molecule has 0 amide bonds. The third-order valence-corrected chi connectivity index (χ3v) is 3.19. The van der Waals surface area contributed by atoms with Crippen LogP contribution in [0.15, 0.2) is 22.7 Å². The number of rotatable bonds is 1. The molecular weight excluding hydrogens is 313 g/mol. The number of hydrogen-bond acceptors (Lipinski definition) is 2. The van der Waals surface area contributed by atoms with Crippen LogP contribution in [0.3, 0.4) is 0 Å². The highest BCUT2D eigenvalue weighted by Crippen LogP contribution is 2.27. The Kier molecular flexibility index (Phi) is 3.19. The fourth-order valence-electron chi connectivity index (χ4n) is 1.54. The summed E-state index contributed by atoms with van der Waals surface area (Å²) in [5.74, 6) is 0. The second-order valence-electron chi connectivity index (χ2n) is 3.39. The highest BCUT2D eigenvalue weighted by atomic mass is 79.9. The molecule has 2 rings (SSSR count). The Morgan fingerprint density at radius 1 is 1.38 bits per heavy atom. The van der Waals surface area contributed by atoms with Crippen LogP contribution in [0, 0.1) is 6.92 Å². The fraction of sp³-hybridized carbons (Fsp3) is 0.0909. The molecule has 1 aromatic heterocycles. The summed E-state index contributed by atoms with van der Waals surface area (Å²) < 4.78 is 0.926. The number of hydrogen-bond donors (Lipinski definition) is 0. The lowest BCUT2D eigenvalue weighted by Gasteiger charge is -2.05. The van der Waals surface area contributed by atoms with Crippen LogP contribution < -0.4 is 0 Å². The van der Waals surface area contributed by atoms with E-state index in [1.54, 1.807) is 6.07 Å². The number of carbonyl (C=O) groups is 1. The predicted octanol–water partition coefficient (Wildman–Crippen LogP) is 4.34. The van der Waals surface area contributed by atoms with Crippen LogP contribution in [0.25, 0.3) is 10.9 Å². The summed E-state index contributed by atoms with van der Waals surface area (Å²) in [6, 6.07) is 5.46. The van der Waals surface area contributed by atoms with E-state index in [2.05, 4.69) is 20.9 Å². The van der Waals surface area contributed by atoms with Gasteiger partial charge >= 0.3 is 0 Å². The van der Waals surface area contributed by atoms with Crippen molar-refractivity contribution in [3.05, 3.63) is 39.0 Å². The van der Waals surface area contributed by atoms with Gasteiger partial charge < -0.3 is 0 Å². The van der Waals surface area contributed by atoms with Crippen molar-refractivity contribution in [1.82, 2.24) is 4.98 Å². The van der Waals surface area contributed by atoms with Crippen LogP contribution in [0.5, 0.6) is 0 Å². The van der Waals surface area contributed by atoms with E-state index in [-0.39, 0.29) is 10.7 Å². The number of halogens is 3. The zero-order valence-electron chi connectivity index (χ0n) is 8.22. The third kappa shape index (κ3) is 2.08. The van der Waals surface area contributed by atoms with Gasteiger partial charge in [0.25, 0.3) is 5.24 Å². The minimum Gasteiger partial charge on any atom is -0.275 e. The quantitative estimate of drug-likeness (QED) is 0.578. The molecule has 1 aromatic carbocycles. The number of benzene rings is 1. The van der Waals surface area contributed by atoms with Crippen LogP contribution in [0.2, 0.25) is 5.15 Å². The summed E-state index contributed by atoms with van der Waals surface area (Å²) in [7, 11) is 0. The lowest BCUT2D eigenvalue weighted by atomic mass is 10.1. The zero-order valence-corrected chi connectivity index (χ0v) is 11.3. The van der Waals surface area contributed by atoms with E-state index in [0.29, 0.717) is 0 Å². The van der Waals surface area contributed by atoms with E-state index in [0.717, 1.165) is 20.9 Å². The molecule has 0 aliphatic rings. The van der Waals surface area contributed by atoms with Crippen molar-refractivity contribution in [1.29, 1.82) is 0 Å². The maximum absolute atomic E-state index is 11.1. The van der Waals surface area contributed by atoms with Gasteiger partial charge in [0.2, 0.25) is 0 Å². The molecule has 2 nitrogen and oxygen atoms in total.